The van der Waals surface area contributed by atoms with Crippen LogP contribution in [0.15, 0.2) is 47.4 Å². The number of nitro benzene ring substituents is 1. The molecule has 2 aromatic carbocycles. The van der Waals surface area contributed by atoms with Crippen molar-refractivity contribution in [2.45, 2.75) is 31.7 Å². The molecule has 1 N–H and O–H groups in total. The molecule has 122 valence electrons. The molecule has 0 heterocycles. The Morgan fingerprint density at radius 2 is 1.83 bits per heavy atom. The van der Waals surface area contributed by atoms with Crippen LogP contribution in [-0.4, -0.2) is 13.3 Å². The average Bonchev–Trinajstić information content (AvgIpc) is 2.46. The van der Waals surface area contributed by atoms with Crippen molar-refractivity contribution < 1.29 is 13.3 Å². The lowest BCUT2D eigenvalue weighted by Crippen LogP contribution is -2.27. The third-order valence-corrected chi connectivity index (χ3v) is 5.10. The van der Waals surface area contributed by atoms with E-state index in [0.29, 0.717) is 0 Å². The van der Waals surface area contributed by atoms with E-state index in [2.05, 4.69) is 4.72 Å². The van der Waals surface area contributed by atoms with Crippen LogP contribution in [0.2, 0.25) is 0 Å². The second-order valence-corrected chi connectivity index (χ2v) is 7.17. The summed E-state index contributed by atoms with van der Waals surface area (Å²) in [7, 11) is -3.85. The van der Waals surface area contributed by atoms with E-state index >= 15 is 0 Å². The summed E-state index contributed by atoms with van der Waals surface area (Å²) in [6.07, 6.45) is 0. The van der Waals surface area contributed by atoms with E-state index in [4.69, 9.17) is 0 Å². The lowest BCUT2D eigenvalue weighted by Gasteiger charge is -2.17. The summed E-state index contributed by atoms with van der Waals surface area (Å²) in [5.41, 5.74) is 2.69. The van der Waals surface area contributed by atoms with Gasteiger partial charge in [-0.3, -0.25) is 10.1 Å². The second kappa shape index (κ2) is 6.47. The number of nitrogens with zero attached hydrogens (tertiary/aromatic N) is 1. The van der Waals surface area contributed by atoms with Gasteiger partial charge < -0.3 is 0 Å². The summed E-state index contributed by atoms with van der Waals surface area (Å²) in [6, 6.07) is 10.3. The Morgan fingerprint density at radius 1 is 1.13 bits per heavy atom. The Hall–Kier alpha value is -2.25. The monoisotopic (exact) mass is 334 g/mol. The maximum absolute atomic E-state index is 12.4. The van der Waals surface area contributed by atoms with Crippen molar-refractivity contribution in [3.8, 4) is 0 Å². The van der Waals surface area contributed by atoms with Crippen molar-refractivity contribution in [1.29, 1.82) is 0 Å². The first kappa shape index (κ1) is 17.1. The number of sulfonamides is 1. The van der Waals surface area contributed by atoms with Crippen LogP contribution >= 0.6 is 0 Å². The molecule has 2 aromatic rings. The Morgan fingerprint density at radius 3 is 2.43 bits per heavy atom. The molecule has 6 nitrogen and oxygen atoms in total. The summed E-state index contributed by atoms with van der Waals surface area (Å²) in [5, 5.41) is 10.8. The van der Waals surface area contributed by atoms with Crippen LogP contribution < -0.4 is 4.72 Å². The minimum absolute atomic E-state index is 0.122. The lowest BCUT2D eigenvalue weighted by atomic mass is 10.0. The molecule has 23 heavy (non-hydrogen) atoms. The van der Waals surface area contributed by atoms with E-state index < -0.39 is 21.0 Å². The van der Waals surface area contributed by atoms with Crippen LogP contribution in [0.1, 0.15) is 29.7 Å². The molecule has 0 aliphatic carbocycles. The molecule has 0 saturated heterocycles. The molecule has 0 radical (unpaired) electrons. The summed E-state index contributed by atoms with van der Waals surface area (Å²) in [4.78, 5) is 10.1. The number of nitro groups is 1. The van der Waals surface area contributed by atoms with Gasteiger partial charge in [-0.2, -0.15) is 0 Å². The van der Waals surface area contributed by atoms with Crippen LogP contribution in [0, 0.1) is 24.0 Å². The quantitative estimate of drug-likeness (QED) is 0.671. The molecule has 0 spiro atoms. The topological polar surface area (TPSA) is 89.3 Å². The summed E-state index contributed by atoms with van der Waals surface area (Å²) in [6.45, 7) is 5.63. The van der Waals surface area contributed by atoms with E-state index in [-0.39, 0.29) is 10.6 Å². The van der Waals surface area contributed by atoms with Gasteiger partial charge in [-0.25, -0.2) is 13.1 Å². The van der Waals surface area contributed by atoms with Gasteiger partial charge in [0.05, 0.1) is 9.82 Å². The largest absolute Gasteiger partial charge is 0.270 e. The number of nitrogens with one attached hydrogen (secondary N) is 1. The molecule has 0 saturated carbocycles. The first-order valence-corrected chi connectivity index (χ1v) is 8.53. The van der Waals surface area contributed by atoms with E-state index in [1.165, 1.54) is 18.2 Å². The first-order chi connectivity index (χ1) is 10.7. The SMILES string of the molecule is Cc1ccc([C@H](C)NS(=O)(=O)c2cccc([N+](=O)[O-])c2)c(C)c1. The van der Waals surface area contributed by atoms with Crippen molar-refractivity contribution in [2.24, 2.45) is 0 Å². The minimum atomic E-state index is -3.85. The Balaban J connectivity index is 2.30. The molecule has 0 bridgehead atoms. The molecular weight excluding hydrogens is 316 g/mol. The highest BCUT2D eigenvalue weighted by atomic mass is 32.2. The normalized spacial score (nSPS) is 12.8. The van der Waals surface area contributed by atoms with Gasteiger partial charge >= 0.3 is 0 Å². The third-order valence-electron chi connectivity index (χ3n) is 3.56. The van der Waals surface area contributed by atoms with E-state index in [0.717, 1.165) is 22.8 Å². The zero-order chi connectivity index (χ0) is 17.2. The second-order valence-electron chi connectivity index (χ2n) is 5.46. The van der Waals surface area contributed by atoms with Gasteiger partial charge in [-0.15, -0.1) is 0 Å². The van der Waals surface area contributed by atoms with Gasteiger partial charge in [0, 0.05) is 18.2 Å². The Kier molecular flexibility index (Phi) is 4.82. The predicted molar refractivity (Wildman–Crippen MR) is 87.7 cm³/mol. The highest BCUT2D eigenvalue weighted by molar-refractivity contribution is 7.89. The summed E-state index contributed by atoms with van der Waals surface area (Å²) >= 11 is 0. The Labute approximate surface area is 135 Å². The first-order valence-electron chi connectivity index (χ1n) is 7.04. The van der Waals surface area contributed by atoms with Crippen LogP contribution in [0.3, 0.4) is 0 Å². The fourth-order valence-electron chi connectivity index (χ4n) is 2.44. The van der Waals surface area contributed by atoms with Crippen molar-refractivity contribution in [1.82, 2.24) is 4.72 Å². The number of benzene rings is 2. The van der Waals surface area contributed by atoms with Crippen molar-refractivity contribution >= 4 is 15.7 Å². The van der Waals surface area contributed by atoms with Crippen LogP contribution in [0.25, 0.3) is 0 Å². The molecule has 0 amide bonds. The number of hydrogen-bond acceptors (Lipinski definition) is 4. The van der Waals surface area contributed by atoms with Gasteiger partial charge in [0.15, 0.2) is 0 Å². The maximum atomic E-state index is 12.4. The smallest absolute Gasteiger partial charge is 0.258 e. The number of aryl methyl sites for hydroxylation is 2. The van der Waals surface area contributed by atoms with E-state index in [1.807, 2.05) is 32.0 Å². The molecule has 0 fully saturated rings. The molecule has 0 unspecified atom stereocenters. The lowest BCUT2D eigenvalue weighted by molar-refractivity contribution is -0.385. The molecule has 0 aromatic heterocycles. The van der Waals surface area contributed by atoms with Gasteiger partial charge in [0.1, 0.15) is 0 Å². The summed E-state index contributed by atoms with van der Waals surface area (Å²) in [5.74, 6) is 0. The zero-order valence-corrected chi connectivity index (χ0v) is 13.9. The maximum Gasteiger partial charge on any atom is 0.270 e. The summed E-state index contributed by atoms with van der Waals surface area (Å²) < 4.78 is 27.4. The number of non-ortho nitro benzene ring substituents is 1. The molecule has 7 heteroatoms. The zero-order valence-electron chi connectivity index (χ0n) is 13.1. The highest BCUT2D eigenvalue weighted by Gasteiger charge is 2.21. The van der Waals surface area contributed by atoms with Crippen LogP contribution in [0.4, 0.5) is 5.69 Å². The Bertz CT molecular complexity index is 847. The number of rotatable bonds is 5. The average molecular weight is 334 g/mol. The molecule has 0 aliphatic rings. The van der Waals surface area contributed by atoms with Crippen LogP contribution in [0.5, 0.6) is 0 Å². The predicted octanol–water partition coefficient (Wildman–Crippen LogP) is 3.25. The molecular formula is C16H18N2O4S. The number of hydrogen-bond donors (Lipinski definition) is 1. The van der Waals surface area contributed by atoms with Crippen molar-refractivity contribution in [3.63, 3.8) is 0 Å². The molecule has 2 rings (SSSR count). The van der Waals surface area contributed by atoms with Crippen molar-refractivity contribution in [3.05, 3.63) is 69.3 Å². The third kappa shape index (κ3) is 3.94. The van der Waals surface area contributed by atoms with Crippen LogP contribution in [-0.2, 0) is 10.0 Å². The molecule has 0 aliphatic heterocycles. The fraction of sp³-hybridized carbons (Fsp3) is 0.250. The van der Waals surface area contributed by atoms with Gasteiger partial charge in [0.2, 0.25) is 10.0 Å². The van der Waals surface area contributed by atoms with Gasteiger partial charge in [-0.1, -0.05) is 29.8 Å². The van der Waals surface area contributed by atoms with E-state index in [1.54, 1.807) is 6.92 Å². The molecule has 1 atom stereocenters. The van der Waals surface area contributed by atoms with Gasteiger partial charge in [0.25, 0.3) is 5.69 Å². The van der Waals surface area contributed by atoms with Crippen molar-refractivity contribution in [2.75, 3.05) is 0 Å². The van der Waals surface area contributed by atoms with Gasteiger partial charge in [-0.05, 0) is 38.0 Å². The highest BCUT2D eigenvalue weighted by Crippen LogP contribution is 2.22. The minimum Gasteiger partial charge on any atom is -0.258 e. The standard InChI is InChI=1S/C16H18N2O4S/c1-11-7-8-16(12(2)9-11)13(3)17-23(21,22)15-6-4-5-14(10-15)18(19)20/h4-10,13,17H,1-3H3/t13-/m0/s1. The fourth-order valence-corrected chi connectivity index (χ4v) is 3.70. The van der Waals surface area contributed by atoms with E-state index in [9.17, 15) is 18.5 Å².